The number of aromatic amines is 1. The fraction of sp³-hybridized carbons (Fsp3) is 0.296. The molecule has 1 unspecified atom stereocenters. The Balaban J connectivity index is 0.999. The first-order valence-electron chi connectivity index (χ1n) is 12.8. The molecule has 2 fully saturated rings. The van der Waals surface area contributed by atoms with Gasteiger partial charge in [-0.25, -0.2) is 13.6 Å². The van der Waals surface area contributed by atoms with Crippen molar-refractivity contribution in [2.75, 3.05) is 41.1 Å². The van der Waals surface area contributed by atoms with Gasteiger partial charge in [0.25, 0.3) is 0 Å². The molecule has 1 saturated carbocycles. The monoisotopic (exact) mass is 532 g/mol. The van der Waals surface area contributed by atoms with Gasteiger partial charge in [-0.15, -0.1) is 0 Å². The Kier molecular flexibility index (Phi) is 7.02. The van der Waals surface area contributed by atoms with Crippen LogP contribution in [0.5, 0.6) is 0 Å². The fourth-order valence-electron chi connectivity index (χ4n) is 4.51. The van der Waals surface area contributed by atoms with Gasteiger partial charge in [0.2, 0.25) is 5.95 Å². The highest BCUT2D eigenvalue weighted by Gasteiger charge is 2.25. The van der Waals surface area contributed by atoms with Crippen LogP contribution in [0.25, 0.3) is 0 Å². The molecule has 3 heterocycles. The molecule has 196 valence electrons. The van der Waals surface area contributed by atoms with Gasteiger partial charge in [0.1, 0.15) is 11.6 Å². The lowest BCUT2D eigenvalue weighted by molar-refractivity contribution is 0.249. The van der Waals surface area contributed by atoms with E-state index >= 15 is 0 Å². The molecule has 3 N–H and O–H groups in total. The molecule has 0 bridgehead atoms. The maximum absolute atomic E-state index is 13.9. The summed E-state index contributed by atoms with van der Waals surface area (Å²) in [5, 5.41) is 10.7. The first kappa shape index (κ1) is 24.5. The summed E-state index contributed by atoms with van der Waals surface area (Å²) in [6, 6.07) is 17.8. The van der Waals surface area contributed by atoms with Gasteiger partial charge >= 0.3 is 0 Å². The lowest BCUT2D eigenvalue weighted by Crippen LogP contribution is -2.46. The molecule has 1 atom stereocenters. The first-order chi connectivity index (χ1) is 18.6. The Bertz CT molecular complexity index is 1420. The highest BCUT2D eigenvalue weighted by molar-refractivity contribution is 7.86. The average molecular weight is 533 g/mol. The summed E-state index contributed by atoms with van der Waals surface area (Å²) < 4.78 is 29.2. The molecule has 9 nitrogen and oxygen atoms in total. The van der Waals surface area contributed by atoms with Crippen LogP contribution in [0, 0.1) is 5.82 Å². The standard InChI is InChI=1S/C27H29FN8OS/c28-22-3-1-2-4-24(22)38(37)34-21-9-5-19(6-10-21)18-35-13-15-36(16-14-35)27-29-12-11-25(31-27)30-26-17-23(32-33-26)20-7-8-20/h1-6,9-12,17,20,34H,7-8,13-16,18H2,(H2,29,30,31,32,33). The molecule has 1 saturated heterocycles. The number of benzene rings is 2. The molecule has 1 aliphatic heterocycles. The first-order valence-corrected chi connectivity index (χ1v) is 13.9. The minimum Gasteiger partial charge on any atom is -0.338 e. The van der Waals surface area contributed by atoms with Crippen molar-refractivity contribution in [1.29, 1.82) is 0 Å². The summed E-state index contributed by atoms with van der Waals surface area (Å²) in [5.74, 6) is 2.37. The van der Waals surface area contributed by atoms with E-state index in [2.05, 4.69) is 41.1 Å². The minimum atomic E-state index is -1.66. The number of nitrogens with zero attached hydrogens (tertiary/aromatic N) is 5. The number of hydrogen-bond acceptors (Lipinski definition) is 7. The van der Waals surface area contributed by atoms with Crippen LogP contribution >= 0.6 is 0 Å². The average Bonchev–Trinajstić information content (AvgIpc) is 3.69. The van der Waals surface area contributed by atoms with Crippen molar-refractivity contribution in [1.82, 2.24) is 25.1 Å². The van der Waals surface area contributed by atoms with E-state index in [1.807, 2.05) is 30.3 Å². The van der Waals surface area contributed by atoms with Crippen LogP contribution in [0.1, 0.15) is 30.0 Å². The zero-order valence-corrected chi connectivity index (χ0v) is 21.6. The van der Waals surface area contributed by atoms with Crippen molar-refractivity contribution in [3.8, 4) is 0 Å². The Morgan fingerprint density at radius 1 is 1.00 bits per heavy atom. The third-order valence-electron chi connectivity index (χ3n) is 6.78. The lowest BCUT2D eigenvalue weighted by atomic mass is 10.2. The van der Waals surface area contributed by atoms with E-state index in [1.54, 1.807) is 18.3 Å². The lowest BCUT2D eigenvalue weighted by Gasteiger charge is -2.34. The molecule has 2 aromatic carbocycles. The van der Waals surface area contributed by atoms with Gasteiger partial charge in [-0.1, -0.05) is 24.3 Å². The minimum absolute atomic E-state index is 0.142. The van der Waals surface area contributed by atoms with Crippen LogP contribution in [0.4, 0.5) is 27.7 Å². The summed E-state index contributed by atoms with van der Waals surface area (Å²) in [7, 11) is -1.66. The van der Waals surface area contributed by atoms with E-state index in [0.29, 0.717) is 17.6 Å². The number of H-pyrrole nitrogens is 1. The van der Waals surface area contributed by atoms with Crippen molar-refractivity contribution in [2.24, 2.45) is 0 Å². The van der Waals surface area contributed by atoms with Crippen LogP contribution in [-0.4, -0.2) is 55.5 Å². The SMILES string of the molecule is O=S(Nc1ccc(CN2CCN(c3nccc(Nc4cc(C5CC5)[nH]n4)n3)CC2)cc1)c1ccccc1F. The molecular weight excluding hydrogens is 503 g/mol. The predicted molar refractivity (Wildman–Crippen MR) is 146 cm³/mol. The van der Waals surface area contributed by atoms with E-state index in [9.17, 15) is 8.60 Å². The zero-order chi connectivity index (χ0) is 25.9. The summed E-state index contributed by atoms with van der Waals surface area (Å²) >= 11 is 0. The summed E-state index contributed by atoms with van der Waals surface area (Å²) in [6.45, 7) is 4.26. The summed E-state index contributed by atoms with van der Waals surface area (Å²) in [6.07, 6.45) is 4.24. The van der Waals surface area contributed by atoms with Crippen molar-refractivity contribution in [2.45, 2.75) is 30.2 Å². The fourth-order valence-corrected chi connectivity index (χ4v) is 5.41. The number of anilines is 4. The van der Waals surface area contributed by atoms with E-state index in [-0.39, 0.29) is 4.90 Å². The molecule has 0 radical (unpaired) electrons. The predicted octanol–water partition coefficient (Wildman–Crippen LogP) is 4.42. The smallest absolute Gasteiger partial charge is 0.227 e. The van der Waals surface area contributed by atoms with Crippen LogP contribution < -0.4 is 14.9 Å². The van der Waals surface area contributed by atoms with Crippen molar-refractivity contribution < 1.29 is 8.60 Å². The van der Waals surface area contributed by atoms with Gasteiger partial charge in [-0.05, 0) is 48.7 Å². The van der Waals surface area contributed by atoms with E-state index in [1.165, 1.54) is 30.7 Å². The Morgan fingerprint density at radius 2 is 1.79 bits per heavy atom. The van der Waals surface area contributed by atoms with Gasteiger partial charge < -0.3 is 14.9 Å². The molecule has 2 aromatic heterocycles. The van der Waals surface area contributed by atoms with Crippen molar-refractivity contribution in [3.63, 3.8) is 0 Å². The summed E-state index contributed by atoms with van der Waals surface area (Å²) in [4.78, 5) is 13.9. The number of piperazine rings is 1. The Morgan fingerprint density at radius 3 is 2.55 bits per heavy atom. The second-order valence-corrected chi connectivity index (χ2v) is 10.8. The quantitative estimate of drug-likeness (QED) is 0.293. The Labute approximate surface area is 223 Å². The number of halogens is 1. The third kappa shape index (κ3) is 5.84. The van der Waals surface area contributed by atoms with Gasteiger partial charge in [0, 0.05) is 62.3 Å². The molecule has 0 spiro atoms. The van der Waals surface area contributed by atoms with Crippen LogP contribution in [0.2, 0.25) is 0 Å². The molecule has 11 heteroatoms. The van der Waals surface area contributed by atoms with Gasteiger partial charge in [-0.2, -0.15) is 10.1 Å². The summed E-state index contributed by atoms with van der Waals surface area (Å²) in [5.41, 5.74) is 3.03. The van der Waals surface area contributed by atoms with Gasteiger partial charge in [-0.3, -0.25) is 10.00 Å². The van der Waals surface area contributed by atoms with Gasteiger partial charge in [0.15, 0.2) is 16.8 Å². The maximum atomic E-state index is 13.9. The van der Waals surface area contributed by atoms with E-state index in [4.69, 9.17) is 4.98 Å². The van der Waals surface area contributed by atoms with Crippen LogP contribution in [0.15, 0.2) is 71.8 Å². The van der Waals surface area contributed by atoms with Crippen LogP contribution in [-0.2, 0) is 17.5 Å². The normalized spacial score (nSPS) is 16.8. The molecule has 6 rings (SSSR count). The van der Waals surface area contributed by atoms with Crippen molar-refractivity contribution >= 4 is 34.3 Å². The second kappa shape index (κ2) is 10.9. The van der Waals surface area contributed by atoms with Crippen molar-refractivity contribution in [3.05, 3.63) is 83.9 Å². The number of nitrogens with one attached hydrogen (secondary N) is 3. The highest BCUT2D eigenvalue weighted by Crippen LogP contribution is 2.39. The molecule has 0 amide bonds. The molecular formula is C27H29FN8OS. The third-order valence-corrected chi connectivity index (χ3v) is 7.93. The Hall–Kier alpha value is -3.83. The number of rotatable bonds is 9. The topological polar surface area (TPSA) is 102 Å². The molecule has 4 aromatic rings. The number of aromatic nitrogens is 4. The number of hydrogen-bond donors (Lipinski definition) is 3. The maximum Gasteiger partial charge on any atom is 0.227 e. The van der Waals surface area contributed by atoms with Gasteiger partial charge in [0.05, 0.1) is 4.90 Å². The largest absolute Gasteiger partial charge is 0.338 e. The zero-order valence-electron chi connectivity index (χ0n) is 20.8. The van der Waals surface area contributed by atoms with E-state index in [0.717, 1.165) is 49.9 Å². The highest BCUT2D eigenvalue weighted by atomic mass is 32.2. The molecule has 38 heavy (non-hydrogen) atoms. The second-order valence-electron chi connectivity index (χ2n) is 9.61. The molecule has 2 aliphatic rings. The van der Waals surface area contributed by atoms with Crippen LogP contribution in [0.3, 0.4) is 0 Å². The van der Waals surface area contributed by atoms with E-state index < -0.39 is 16.8 Å². The molecule has 1 aliphatic carbocycles.